The van der Waals surface area contributed by atoms with Gasteiger partial charge in [-0.2, -0.15) is 5.10 Å². The van der Waals surface area contributed by atoms with Gasteiger partial charge >= 0.3 is 0 Å². The number of hydrazone groups is 1. The van der Waals surface area contributed by atoms with Crippen LogP contribution in [-0.2, 0) is 11.8 Å². The Hall–Kier alpha value is -2.88. The van der Waals surface area contributed by atoms with Crippen molar-refractivity contribution < 1.29 is 4.79 Å². The Bertz CT molecular complexity index is 895. The number of β-lactam (4-membered cyclic amide) rings is 1. The number of carbonyl (C=O) groups is 1. The number of rotatable bonds is 3. The molecular formula is C19H17N3O. The zero-order valence-corrected chi connectivity index (χ0v) is 12.9. The van der Waals surface area contributed by atoms with Gasteiger partial charge in [0.25, 0.3) is 0 Å². The summed E-state index contributed by atoms with van der Waals surface area (Å²) in [5, 5.41) is 7.17. The van der Waals surface area contributed by atoms with Crippen molar-refractivity contribution in [3.8, 4) is 0 Å². The molecule has 0 aliphatic carbocycles. The molecule has 0 radical (unpaired) electrons. The first-order valence-electron chi connectivity index (χ1n) is 7.69. The maximum atomic E-state index is 11.9. The molecule has 0 saturated carbocycles. The topological polar surface area (TPSA) is 37.6 Å². The molecule has 23 heavy (non-hydrogen) atoms. The van der Waals surface area contributed by atoms with E-state index in [2.05, 4.69) is 21.8 Å². The van der Waals surface area contributed by atoms with Gasteiger partial charge in [0.05, 0.1) is 18.7 Å². The van der Waals surface area contributed by atoms with Crippen LogP contribution in [0.3, 0.4) is 0 Å². The number of para-hydroxylation sites is 1. The first-order chi connectivity index (χ1) is 11.2. The molecule has 0 bridgehead atoms. The minimum atomic E-state index is 0.0509. The molecule has 4 rings (SSSR count). The molecule has 0 spiro atoms. The van der Waals surface area contributed by atoms with Gasteiger partial charge in [-0.25, -0.2) is 5.01 Å². The van der Waals surface area contributed by atoms with Crippen LogP contribution in [0, 0.1) is 0 Å². The van der Waals surface area contributed by atoms with Crippen molar-refractivity contribution in [2.75, 3.05) is 0 Å². The van der Waals surface area contributed by atoms with Crippen LogP contribution < -0.4 is 0 Å². The summed E-state index contributed by atoms with van der Waals surface area (Å²) in [5.41, 5.74) is 3.31. The lowest BCUT2D eigenvalue weighted by atomic mass is 9.96. The van der Waals surface area contributed by atoms with Crippen molar-refractivity contribution in [2.45, 2.75) is 12.5 Å². The average Bonchev–Trinajstić information content (AvgIpc) is 2.90. The summed E-state index contributed by atoms with van der Waals surface area (Å²) in [4.78, 5) is 11.9. The van der Waals surface area contributed by atoms with Crippen LogP contribution in [0.25, 0.3) is 10.9 Å². The minimum absolute atomic E-state index is 0.0509. The number of hydrogen-bond donors (Lipinski definition) is 0. The maximum absolute atomic E-state index is 11.9. The van der Waals surface area contributed by atoms with Gasteiger partial charge in [-0.3, -0.25) is 4.79 Å². The van der Waals surface area contributed by atoms with E-state index in [4.69, 9.17) is 0 Å². The van der Waals surface area contributed by atoms with E-state index >= 15 is 0 Å². The van der Waals surface area contributed by atoms with Gasteiger partial charge in [-0.05, 0) is 11.6 Å². The van der Waals surface area contributed by atoms with E-state index in [1.165, 1.54) is 0 Å². The Kier molecular flexibility index (Phi) is 3.23. The maximum Gasteiger partial charge on any atom is 0.245 e. The third-order valence-corrected chi connectivity index (χ3v) is 4.35. The van der Waals surface area contributed by atoms with E-state index in [1.807, 2.05) is 55.7 Å². The molecule has 1 fully saturated rings. The van der Waals surface area contributed by atoms with E-state index in [9.17, 15) is 4.79 Å². The second-order valence-corrected chi connectivity index (χ2v) is 5.83. The van der Waals surface area contributed by atoms with Gasteiger partial charge in [-0.1, -0.05) is 48.5 Å². The Morgan fingerprint density at radius 3 is 2.61 bits per heavy atom. The van der Waals surface area contributed by atoms with E-state index in [0.717, 1.165) is 22.0 Å². The molecular weight excluding hydrogens is 286 g/mol. The van der Waals surface area contributed by atoms with Crippen LogP contribution in [0.4, 0.5) is 0 Å². The molecule has 4 nitrogen and oxygen atoms in total. The quantitative estimate of drug-likeness (QED) is 0.539. The average molecular weight is 303 g/mol. The van der Waals surface area contributed by atoms with Crippen LogP contribution in [0.15, 0.2) is 65.9 Å². The van der Waals surface area contributed by atoms with Crippen molar-refractivity contribution in [1.82, 2.24) is 9.58 Å². The smallest absolute Gasteiger partial charge is 0.245 e. The molecule has 114 valence electrons. The highest BCUT2D eigenvalue weighted by Crippen LogP contribution is 2.34. The van der Waals surface area contributed by atoms with Crippen molar-refractivity contribution in [3.63, 3.8) is 0 Å². The number of carbonyl (C=O) groups excluding carboxylic acids is 1. The second kappa shape index (κ2) is 5.39. The summed E-state index contributed by atoms with van der Waals surface area (Å²) in [7, 11) is 2.02. The Labute approximate surface area is 134 Å². The second-order valence-electron chi connectivity index (χ2n) is 5.83. The summed E-state index contributed by atoms with van der Waals surface area (Å²) in [5.74, 6) is 0.0651. The van der Waals surface area contributed by atoms with Gasteiger partial charge < -0.3 is 4.57 Å². The Balaban J connectivity index is 1.63. The molecule has 3 aromatic rings. The first-order valence-corrected chi connectivity index (χ1v) is 7.69. The van der Waals surface area contributed by atoms with Gasteiger partial charge in [0, 0.05) is 29.7 Å². The highest BCUT2D eigenvalue weighted by atomic mass is 16.2. The lowest BCUT2D eigenvalue weighted by molar-refractivity contribution is -0.146. The number of aromatic nitrogens is 1. The van der Waals surface area contributed by atoms with Crippen molar-refractivity contribution in [2.24, 2.45) is 12.1 Å². The lowest BCUT2D eigenvalue weighted by Crippen LogP contribution is -2.42. The van der Waals surface area contributed by atoms with E-state index in [0.29, 0.717) is 6.42 Å². The summed E-state index contributed by atoms with van der Waals surface area (Å²) in [6.07, 6.45) is 4.35. The SMILES string of the molecule is Cn1cc(C=NN2C(=O)CC2c2ccccc2)c2ccccc21. The number of amides is 1. The van der Waals surface area contributed by atoms with E-state index in [1.54, 1.807) is 11.2 Å². The molecule has 1 unspecified atom stereocenters. The van der Waals surface area contributed by atoms with Crippen LogP contribution in [-0.4, -0.2) is 21.7 Å². The number of hydrogen-bond acceptors (Lipinski definition) is 2. The lowest BCUT2D eigenvalue weighted by Gasteiger charge is -2.36. The van der Waals surface area contributed by atoms with Crippen LogP contribution in [0.1, 0.15) is 23.6 Å². The Morgan fingerprint density at radius 2 is 1.83 bits per heavy atom. The fourth-order valence-electron chi connectivity index (χ4n) is 3.09. The van der Waals surface area contributed by atoms with Crippen molar-refractivity contribution in [3.05, 3.63) is 71.9 Å². The molecule has 0 N–H and O–H groups in total. The molecule has 1 saturated heterocycles. The van der Waals surface area contributed by atoms with Crippen molar-refractivity contribution >= 4 is 23.0 Å². The molecule has 1 aromatic heterocycles. The third kappa shape index (κ3) is 2.32. The normalized spacial score (nSPS) is 17.9. The number of benzene rings is 2. The van der Waals surface area contributed by atoms with Gasteiger partial charge in [-0.15, -0.1) is 0 Å². The molecule has 2 aromatic carbocycles. The first kappa shape index (κ1) is 13.8. The number of aryl methyl sites for hydroxylation is 1. The van der Waals surface area contributed by atoms with Gasteiger partial charge in [0.2, 0.25) is 5.91 Å². The predicted molar refractivity (Wildman–Crippen MR) is 91.2 cm³/mol. The predicted octanol–water partition coefficient (Wildman–Crippen LogP) is 3.49. The van der Waals surface area contributed by atoms with Crippen LogP contribution in [0.2, 0.25) is 0 Å². The molecule has 1 aliphatic rings. The minimum Gasteiger partial charge on any atom is -0.350 e. The standard InChI is InChI=1S/C19H17N3O/c1-21-13-15(16-9-5-6-10-17(16)21)12-20-22-18(11-19(22)23)14-7-3-2-4-8-14/h2-10,12-13,18H,11H2,1H3. The van der Waals surface area contributed by atoms with Crippen molar-refractivity contribution in [1.29, 1.82) is 0 Å². The fraction of sp³-hybridized carbons (Fsp3) is 0.158. The molecule has 1 atom stereocenters. The van der Waals surface area contributed by atoms with Gasteiger partial charge in [0.1, 0.15) is 0 Å². The highest BCUT2D eigenvalue weighted by Gasteiger charge is 2.37. The summed E-state index contributed by atoms with van der Waals surface area (Å²) in [6, 6.07) is 18.3. The molecule has 1 aliphatic heterocycles. The van der Waals surface area contributed by atoms with Crippen LogP contribution in [0.5, 0.6) is 0 Å². The van der Waals surface area contributed by atoms with E-state index < -0.39 is 0 Å². The molecule has 4 heteroatoms. The molecule has 1 amide bonds. The summed E-state index contributed by atoms with van der Waals surface area (Å²) >= 11 is 0. The zero-order chi connectivity index (χ0) is 15.8. The number of fused-ring (bicyclic) bond motifs is 1. The Morgan fingerprint density at radius 1 is 1.09 bits per heavy atom. The highest BCUT2D eigenvalue weighted by molar-refractivity contribution is 5.99. The summed E-state index contributed by atoms with van der Waals surface area (Å²) in [6.45, 7) is 0. The monoisotopic (exact) mass is 303 g/mol. The van der Waals surface area contributed by atoms with Crippen LogP contribution >= 0.6 is 0 Å². The van der Waals surface area contributed by atoms with E-state index in [-0.39, 0.29) is 11.9 Å². The number of nitrogens with zero attached hydrogens (tertiary/aromatic N) is 3. The largest absolute Gasteiger partial charge is 0.350 e. The fourth-order valence-corrected chi connectivity index (χ4v) is 3.09. The van der Waals surface area contributed by atoms with Gasteiger partial charge in [0.15, 0.2) is 0 Å². The summed E-state index contributed by atoms with van der Waals surface area (Å²) < 4.78 is 2.07. The zero-order valence-electron chi connectivity index (χ0n) is 12.9. The third-order valence-electron chi connectivity index (χ3n) is 4.35. The molecule has 2 heterocycles.